The normalized spacial score (nSPS) is 10.2. The van der Waals surface area contributed by atoms with E-state index in [1.165, 1.54) is 0 Å². The Hall–Kier alpha value is -0.530. The molecule has 4 heteroatoms. The Labute approximate surface area is 106 Å². The molecule has 0 spiro atoms. The third kappa shape index (κ3) is 2.78. The summed E-state index contributed by atoms with van der Waals surface area (Å²) in [6.07, 6.45) is 1.02. The average molecular weight is 301 g/mol. The van der Waals surface area contributed by atoms with Crippen LogP contribution in [0.1, 0.15) is 35.7 Å². The van der Waals surface area contributed by atoms with Crippen LogP contribution >= 0.6 is 25.2 Å². The van der Waals surface area contributed by atoms with Crippen molar-refractivity contribution in [2.45, 2.75) is 26.7 Å². The van der Waals surface area contributed by atoms with Gasteiger partial charge in [0.25, 0.3) is 0 Å². The molecule has 1 unspecified atom stereocenters. The highest BCUT2D eigenvalue weighted by Crippen LogP contribution is 2.17. The molecule has 0 bridgehead atoms. The van der Waals surface area contributed by atoms with Crippen molar-refractivity contribution in [2.24, 2.45) is 0 Å². The van der Waals surface area contributed by atoms with E-state index in [2.05, 4.69) is 25.2 Å². The largest absolute Gasteiger partial charge is 0.290 e. The number of halogens is 1. The molecular formula is C12H14BrO2P. The minimum atomic E-state index is -0.379. The zero-order chi connectivity index (χ0) is 12.3. The Bertz CT molecular complexity index is 441. The molecule has 0 aliphatic rings. The molecule has 2 nitrogen and oxygen atoms in total. The fourth-order valence-electron chi connectivity index (χ4n) is 1.43. The van der Waals surface area contributed by atoms with Gasteiger partial charge in [0.15, 0.2) is 0 Å². The quantitative estimate of drug-likeness (QED) is 0.487. The van der Waals surface area contributed by atoms with Crippen LogP contribution in [0.15, 0.2) is 16.6 Å². The summed E-state index contributed by atoms with van der Waals surface area (Å²) in [5.74, 6) is -0.687. The summed E-state index contributed by atoms with van der Waals surface area (Å²) < 4.78 is 0.925. The summed E-state index contributed by atoms with van der Waals surface area (Å²) in [5.41, 5.74) is 1.35. The lowest BCUT2D eigenvalue weighted by atomic mass is 10.00. The van der Waals surface area contributed by atoms with Crippen molar-refractivity contribution in [3.8, 4) is 0 Å². The van der Waals surface area contributed by atoms with Gasteiger partial charge in [-0.15, -0.1) is 9.24 Å². The number of Topliss-reactive ketones (excluding diaryl/α,β-unsaturated/α-hetero) is 2. The lowest BCUT2D eigenvalue weighted by molar-refractivity contribution is -0.115. The minimum Gasteiger partial charge on any atom is -0.290 e. The van der Waals surface area contributed by atoms with Gasteiger partial charge in [-0.1, -0.05) is 22.9 Å². The Kier molecular flexibility index (Phi) is 4.82. The van der Waals surface area contributed by atoms with E-state index in [0.29, 0.717) is 18.4 Å². The second kappa shape index (κ2) is 5.70. The number of ketones is 2. The molecule has 1 atom stereocenters. The number of hydrogen-bond acceptors (Lipinski definition) is 2. The van der Waals surface area contributed by atoms with Crippen LogP contribution in [-0.4, -0.2) is 11.6 Å². The summed E-state index contributed by atoms with van der Waals surface area (Å²) in [6.45, 7) is 3.74. The van der Waals surface area contributed by atoms with Gasteiger partial charge in [-0.25, -0.2) is 0 Å². The molecule has 0 amide bonds. The number of benzene rings is 1. The van der Waals surface area contributed by atoms with Gasteiger partial charge in [-0.05, 0) is 36.3 Å². The van der Waals surface area contributed by atoms with E-state index in [1.807, 2.05) is 13.8 Å². The number of hydrogen-bond donors (Lipinski definition) is 0. The summed E-state index contributed by atoms with van der Waals surface area (Å²) in [6, 6.07) is 3.49. The highest BCUT2D eigenvalue weighted by molar-refractivity contribution is 9.10. The maximum absolute atomic E-state index is 11.8. The molecule has 0 aromatic heterocycles. The molecule has 1 rings (SSSR count). The zero-order valence-corrected chi connectivity index (χ0v) is 12.1. The maximum atomic E-state index is 11.8. The Morgan fingerprint density at radius 1 is 1.38 bits per heavy atom. The molecule has 0 fully saturated rings. The van der Waals surface area contributed by atoms with Gasteiger partial charge in [0, 0.05) is 16.5 Å². The highest BCUT2D eigenvalue weighted by Gasteiger charge is 2.18. The molecule has 0 radical (unpaired) electrons. The van der Waals surface area contributed by atoms with E-state index in [-0.39, 0.29) is 11.6 Å². The molecule has 0 aliphatic heterocycles. The monoisotopic (exact) mass is 300 g/mol. The Morgan fingerprint density at radius 3 is 2.56 bits per heavy atom. The second-order valence-corrected chi connectivity index (χ2v) is 5.07. The van der Waals surface area contributed by atoms with Crippen LogP contribution in [0, 0.1) is 6.92 Å². The van der Waals surface area contributed by atoms with Crippen molar-refractivity contribution < 1.29 is 9.59 Å². The van der Waals surface area contributed by atoms with Gasteiger partial charge in [0.1, 0.15) is 0 Å². The molecule has 0 saturated heterocycles. The number of carbonyl (C=O) groups excluding carboxylic acids is 2. The minimum absolute atomic E-state index is 0.308. The van der Waals surface area contributed by atoms with Crippen LogP contribution in [0.25, 0.3) is 0 Å². The fraction of sp³-hybridized carbons (Fsp3) is 0.333. The number of carbonyl (C=O) groups is 2. The van der Waals surface area contributed by atoms with Crippen molar-refractivity contribution >= 4 is 42.0 Å². The third-order valence-corrected chi connectivity index (χ3v) is 4.29. The van der Waals surface area contributed by atoms with Crippen molar-refractivity contribution in [2.75, 3.05) is 0 Å². The maximum Gasteiger partial charge on any atom is 0.228 e. The number of rotatable bonds is 4. The predicted octanol–water partition coefficient (Wildman–Crippen LogP) is 2.81. The molecule has 16 heavy (non-hydrogen) atoms. The summed E-state index contributed by atoms with van der Waals surface area (Å²) >= 11 is 3.38. The first kappa shape index (κ1) is 13.5. The first-order valence-corrected chi connectivity index (χ1v) is 6.48. The summed E-state index contributed by atoms with van der Waals surface area (Å²) in [7, 11) is 2.57. The first-order chi connectivity index (χ1) is 7.49. The lowest BCUT2D eigenvalue weighted by Crippen LogP contribution is -2.17. The Morgan fingerprint density at radius 2 is 2.00 bits per heavy atom. The van der Waals surface area contributed by atoms with Crippen LogP contribution in [-0.2, 0) is 4.79 Å². The van der Waals surface area contributed by atoms with Crippen LogP contribution < -0.4 is 5.30 Å². The molecule has 86 valence electrons. The average Bonchev–Trinajstić information content (AvgIpc) is 2.26. The van der Waals surface area contributed by atoms with E-state index in [1.54, 1.807) is 12.1 Å². The Balaban J connectivity index is 3.10. The molecular weight excluding hydrogens is 287 g/mol. The molecule has 1 aromatic rings. The second-order valence-electron chi connectivity index (χ2n) is 3.64. The van der Waals surface area contributed by atoms with Crippen LogP contribution in [0.4, 0.5) is 0 Å². The van der Waals surface area contributed by atoms with Crippen LogP contribution in [0.2, 0.25) is 0 Å². The van der Waals surface area contributed by atoms with E-state index in [4.69, 9.17) is 0 Å². The topological polar surface area (TPSA) is 34.1 Å². The lowest BCUT2D eigenvalue weighted by Gasteiger charge is -2.08. The van der Waals surface area contributed by atoms with E-state index < -0.39 is 0 Å². The third-order valence-electron chi connectivity index (χ3n) is 2.44. The molecule has 0 saturated carbocycles. The molecule has 0 N–H and O–H groups in total. The van der Waals surface area contributed by atoms with E-state index in [9.17, 15) is 9.59 Å². The smallest absolute Gasteiger partial charge is 0.228 e. The summed E-state index contributed by atoms with van der Waals surface area (Å²) in [4.78, 5) is 23.4. The molecule has 1 aromatic carbocycles. The van der Waals surface area contributed by atoms with Crippen molar-refractivity contribution in [3.05, 3.63) is 27.7 Å². The highest BCUT2D eigenvalue weighted by atomic mass is 79.9. The zero-order valence-electron chi connectivity index (χ0n) is 9.34. The van der Waals surface area contributed by atoms with Gasteiger partial charge < -0.3 is 0 Å². The standard InChI is InChI=1S/C12H14BrO2P/c1-3-4-10(14)11(15)8-5-6-9(13)12(16)7(8)2/h5-6H,3-4,16H2,1-2H3. The molecule has 0 aliphatic carbocycles. The van der Waals surface area contributed by atoms with Gasteiger partial charge in [-0.2, -0.15) is 0 Å². The van der Waals surface area contributed by atoms with Crippen LogP contribution in [0.5, 0.6) is 0 Å². The van der Waals surface area contributed by atoms with Gasteiger partial charge >= 0.3 is 0 Å². The van der Waals surface area contributed by atoms with E-state index in [0.717, 1.165) is 15.3 Å². The fourth-order valence-corrected chi connectivity index (χ4v) is 2.11. The predicted molar refractivity (Wildman–Crippen MR) is 72.5 cm³/mol. The summed E-state index contributed by atoms with van der Waals surface area (Å²) in [5, 5.41) is 0.926. The molecule has 0 heterocycles. The van der Waals surface area contributed by atoms with E-state index >= 15 is 0 Å². The first-order valence-electron chi connectivity index (χ1n) is 5.11. The van der Waals surface area contributed by atoms with Crippen molar-refractivity contribution in [3.63, 3.8) is 0 Å². The van der Waals surface area contributed by atoms with Crippen molar-refractivity contribution in [1.29, 1.82) is 0 Å². The van der Waals surface area contributed by atoms with Crippen molar-refractivity contribution in [1.82, 2.24) is 0 Å². The SMILES string of the molecule is CCCC(=O)C(=O)c1ccc(Br)c(P)c1C. The van der Waals surface area contributed by atoms with Gasteiger partial charge in [-0.3, -0.25) is 9.59 Å². The van der Waals surface area contributed by atoms with Gasteiger partial charge in [0.2, 0.25) is 11.6 Å². The van der Waals surface area contributed by atoms with Gasteiger partial charge in [0.05, 0.1) is 0 Å². The van der Waals surface area contributed by atoms with Crippen LogP contribution in [0.3, 0.4) is 0 Å².